The van der Waals surface area contributed by atoms with Gasteiger partial charge in [0.1, 0.15) is 0 Å². The number of nitrogens with zero attached hydrogens (tertiary/aromatic N) is 2. The molecule has 0 saturated carbocycles. The van der Waals surface area contributed by atoms with E-state index in [1.807, 2.05) is 11.9 Å². The molecule has 1 N–H and O–H groups in total. The first kappa shape index (κ1) is 26.9. The highest BCUT2D eigenvalue weighted by molar-refractivity contribution is 6.35. The summed E-state index contributed by atoms with van der Waals surface area (Å²) in [4.78, 5) is 82.2. The fourth-order valence-corrected chi connectivity index (χ4v) is 6.84. The van der Waals surface area contributed by atoms with Crippen molar-refractivity contribution in [3.8, 4) is 0 Å². The molecule has 5 aliphatic rings. The van der Waals surface area contributed by atoms with Gasteiger partial charge in [-0.05, 0) is 33.7 Å². The van der Waals surface area contributed by atoms with Crippen LogP contribution in [0, 0.1) is 0 Å². The molecule has 0 radical (unpaired) electrons. The van der Waals surface area contributed by atoms with E-state index in [2.05, 4.69) is 10.2 Å². The molecule has 0 aromatic heterocycles. The van der Waals surface area contributed by atoms with Gasteiger partial charge in [0, 0.05) is 65.5 Å². The maximum atomic E-state index is 13.7. The highest BCUT2D eigenvalue weighted by atomic mass is 16.5. The van der Waals surface area contributed by atoms with E-state index in [0.29, 0.717) is 24.1 Å². The Kier molecular flexibility index (Phi) is 6.54. The average molecular weight is 538 g/mol. The number of methoxy groups -OCH3 is 2. The second-order valence-electron chi connectivity index (χ2n) is 10.6. The number of ether oxygens (including phenoxy) is 2. The monoisotopic (exact) mass is 537 g/mol. The summed E-state index contributed by atoms with van der Waals surface area (Å²) in [6, 6.07) is -1.92. The van der Waals surface area contributed by atoms with Gasteiger partial charge in [-0.3, -0.25) is 38.6 Å². The lowest BCUT2D eigenvalue weighted by Gasteiger charge is -2.58. The second-order valence-corrected chi connectivity index (χ2v) is 10.6. The standard InChI is InChI=1S/C28H31N3O8/c1-11-22(33)15-7-14-10-31-17(21(30(14)4)20(15)25(36)27(11)39-6)8-16-19(18(31)9-29-28(37)13(3)32)23(34)12(2)26(38-5)24(16)35/h14,17-18,21H,7-10H2,1-6H3,(H,29,37)/t14-,17+,18-,21-/m0/s1. The molecule has 5 rings (SSSR count). The lowest BCUT2D eigenvalue weighted by molar-refractivity contribution is -0.137. The third-order valence-electron chi connectivity index (χ3n) is 8.76. The lowest BCUT2D eigenvalue weighted by Crippen LogP contribution is -2.71. The highest BCUT2D eigenvalue weighted by Crippen LogP contribution is 2.47. The summed E-state index contributed by atoms with van der Waals surface area (Å²) in [5.74, 6) is -2.84. The molecule has 1 amide bonds. The van der Waals surface area contributed by atoms with Gasteiger partial charge in [0.2, 0.25) is 17.3 Å². The van der Waals surface area contributed by atoms with E-state index >= 15 is 0 Å². The first-order valence-electron chi connectivity index (χ1n) is 12.9. The number of allylic oxidation sites excluding steroid dienone is 4. The minimum absolute atomic E-state index is 0.00727. The predicted molar refractivity (Wildman–Crippen MR) is 136 cm³/mol. The van der Waals surface area contributed by atoms with Gasteiger partial charge in [-0.2, -0.15) is 0 Å². The Morgan fingerprint density at radius 1 is 0.872 bits per heavy atom. The second kappa shape index (κ2) is 9.49. The molecule has 2 aliphatic carbocycles. The van der Waals surface area contributed by atoms with E-state index in [0.717, 1.165) is 6.92 Å². The molecule has 1 saturated heterocycles. The third kappa shape index (κ3) is 3.78. The molecule has 3 aliphatic heterocycles. The SMILES string of the molecule is COC1=C(C)C(=O)C2=C(C[C@@H]3[C@H]4C5=C(C[C@@H](CN3[C@H]2CNC(=O)C(C)=O)N4C)C(=O)C(C)=C(OC)C5=O)C1=O. The molecular formula is C28H31N3O8. The van der Waals surface area contributed by atoms with Gasteiger partial charge in [0.25, 0.3) is 5.91 Å². The summed E-state index contributed by atoms with van der Waals surface area (Å²) in [5.41, 5.74) is 1.80. The van der Waals surface area contributed by atoms with Gasteiger partial charge in [0.05, 0.1) is 26.3 Å². The van der Waals surface area contributed by atoms with Crippen molar-refractivity contribution >= 4 is 34.8 Å². The Morgan fingerprint density at radius 2 is 1.46 bits per heavy atom. The van der Waals surface area contributed by atoms with Crippen LogP contribution >= 0.6 is 0 Å². The Balaban J connectivity index is 1.65. The fraction of sp³-hybridized carbons (Fsp3) is 0.500. The molecule has 0 aromatic rings. The van der Waals surface area contributed by atoms with Crippen molar-refractivity contribution < 1.29 is 38.2 Å². The van der Waals surface area contributed by atoms with Crippen LogP contribution in [0.2, 0.25) is 0 Å². The number of Topliss-reactive ketones (excluding diaryl/α,β-unsaturated/α-hetero) is 5. The van der Waals surface area contributed by atoms with Crippen LogP contribution in [-0.2, 0) is 38.2 Å². The molecule has 2 bridgehead atoms. The smallest absolute Gasteiger partial charge is 0.287 e. The zero-order valence-electron chi connectivity index (χ0n) is 22.8. The molecule has 11 nitrogen and oxygen atoms in total. The van der Waals surface area contributed by atoms with Gasteiger partial charge in [-0.1, -0.05) is 0 Å². The number of amides is 1. The van der Waals surface area contributed by atoms with Crippen LogP contribution in [0.5, 0.6) is 0 Å². The molecule has 0 aromatic carbocycles. The molecule has 206 valence electrons. The number of hydrogen-bond donors (Lipinski definition) is 1. The van der Waals surface area contributed by atoms with Crippen molar-refractivity contribution in [2.45, 2.75) is 57.8 Å². The van der Waals surface area contributed by atoms with Crippen LogP contribution in [0.4, 0.5) is 0 Å². The average Bonchev–Trinajstić information content (AvgIpc) is 2.89. The van der Waals surface area contributed by atoms with Crippen LogP contribution < -0.4 is 5.32 Å². The molecule has 39 heavy (non-hydrogen) atoms. The topological polar surface area (TPSA) is 139 Å². The minimum atomic E-state index is -0.795. The van der Waals surface area contributed by atoms with Crippen LogP contribution in [0.15, 0.2) is 45.0 Å². The van der Waals surface area contributed by atoms with Gasteiger partial charge >= 0.3 is 0 Å². The van der Waals surface area contributed by atoms with Crippen LogP contribution in [-0.4, -0.2) is 103 Å². The van der Waals surface area contributed by atoms with E-state index in [1.165, 1.54) is 21.1 Å². The van der Waals surface area contributed by atoms with Crippen molar-refractivity contribution in [2.75, 3.05) is 34.4 Å². The maximum absolute atomic E-state index is 13.7. The maximum Gasteiger partial charge on any atom is 0.287 e. The summed E-state index contributed by atoms with van der Waals surface area (Å²) in [6.07, 6.45) is 0.477. The largest absolute Gasteiger partial charge is 0.492 e. The number of hydrogen-bond acceptors (Lipinski definition) is 10. The van der Waals surface area contributed by atoms with Crippen molar-refractivity contribution in [1.29, 1.82) is 0 Å². The van der Waals surface area contributed by atoms with Crippen LogP contribution in [0.3, 0.4) is 0 Å². The number of carbonyl (C=O) groups is 6. The summed E-state index contributed by atoms with van der Waals surface area (Å²) in [6.45, 7) is 4.62. The zero-order valence-corrected chi connectivity index (χ0v) is 22.8. The molecule has 4 atom stereocenters. The third-order valence-corrected chi connectivity index (χ3v) is 8.76. The lowest BCUT2D eigenvalue weighted by atomic mass is 9.69. The Bertz CT molecular complexity index is 1400. The first-order chi connectivity index (χ1) is 18.4. The Morgan fingerprint density at radius 3 is 2.08 bits per heavy atom. The molecular weight excluding hydrogens is 506 g/mol. The Labute approximate surface area is 225 Å². The summed E-state index contributed by atoms with van der Waals surface area (Å²) in [7, 11) is 4.58. The number of likely N-dealkylation sites (N-methyl/N-ethyl adjacent to an activating group) is 1. The highest BCUT2D eigenvalue weighted by Gasteiger charge is 2.56. The van der Waals surface area contributed by atoms with Crippen molar-refractivity contribution in [3.63, 3.8) is 0 Å². The number of carbonyl (C=O) groups excluding carboxylic acids is 6. The summed E-state index contributed by atoms with van der Waals surface area (Å²) < 4.78 is 10.6. The Hall–Kier alpha value is -3.70. The van der Waals surface area contributed by atoms with E-state index in [9.17, 15) is 28.8 Å². The number of nitrogens with one attached hydrogen (secondary N) is 1. The molecule has 0 unspecified atom stereocenters. The van der Waals surface area contributed by atoms with Gasteiger partial charge in [-0.15, -0.1) is 0 Å². The van der Waals surface area contributed by atoms with Crippen molar-refractivity contribution in [1.82, 2.24) is 15.1 Å². The van der Waals surface area contributed by atoms with Crippen LogP contribution in [0.1, 0.15) is 33.6 Å². The molecule has 3 heterocycles. The van der Waals surface area contributed by atoms with E-state index < -0.39 is 35.6 Å². The van der Waals surface area contributed by atoms with E-state index in [1.54, 1.807) is 6.92 Å². The number of fused-ring (bicyclic) bond motifs is 5. The molecule has 1 fully saturated rings. The van der Waals surface area contributed by atoms with Gasteiger partial charge < -0.3 is 14.8 Å². The van der Waals surface area contributed by atoms with E-state index in [-0.39, 0.29) is 70.2 Å². The van der Waals surface area contributed by atoms with Crippen molar-refractivity contribution in [2.24, 2.45) is 0 Å². The summed E-state index contributed by atoms with van der Waals surface area (Å²) >= 11 is 0. The first-order valence-corrected chi connectivity index (χ1v) is 12.9. The zero-order chi connectivity index (χ0) is 28.5. The number of piperazine rings is 1. The number of ketones is 5. The number of rotatable bonds is 5. The van der Waals surface area contributed by atoms with Crippen molar-refractivity contribution in [3.05, 3.63) is 45.0 Å². The molecule has 0 spiro atoms. The van der Waals surface area contributed by atoms with E-state index in [4.69, 9.17) is 9.47 Å². The minimum Gasteiger partial charge on any atom is -0.492 e. The van der Waals surface area contributed by atoms with Crippen LogP contribution in [0.25, 0.3) is 0 Å². The predicted octanol–water partition coefficient (Wildman–Crippen LogP) is -0.0416. The molecule has 11 heteroatoms. The quantitative estimate of drug-likeness (QED) is 0.375. The summed E-state index contributed by atoms with van der Waals surface area (Å²) in [5, 5.41) is 2.62. The fourth-order valence-electron chi connectivity index (χ4n) is 6.84. The van der Waals surface area contributed by atoms with Gasteiger partial charge in [-0.25, -0.2) is 0 Å². The normalized spacial score (nSPS) is 29.4. The van der Waals surface area contributed by atoms with Gasteiger partial charge in [0.15, 0.2) is 23.1 Å².